The van der Waals surface area contributed by atoms with Crippen molar-refractivity contribution in [3.8, 4) is 0 Å². The van der Waals surface area contributed by atoms with Crippen LogP contribution >= 0.6 is 0 Å². The van der Waals surface area contributed by atoms with Crippen molar-refractivity contribution >= 4 is 52.5 Å². The second-order valence-electron chi connectivity index (χ2n) is 4.87. The number of pyridine rings is 1. The van der Waals surface area contributed by atoms with E-state index in [0.29, 0.717) is 0 Å². The summed E-state index contributed by atoms with van der Waals surface area (Å²) in [6.07, 6.45) is 1.78. The number of nitrogens with zero attached hydrogens (tertiary/aromatic N) is 2. The van der Waals surface area contributed by atoms with Gasteiger partial charge in [0.25, 0.3) is 0 Å². The fourth-order valence-corrected chi connectivity index (χ4v) is 2.51. The fourth-order valence-electron chi connectivity index (χ4n) is 2.51. The van der Waals surface area contributed by atoms with Gasteiger partial charge in [0.15, 0.2) is 5.82 Å². The van der Waals surface area contributed by atoms with E-state index in [0.717, 1.165) is 34.0 Å². The van der Waals surface area contributed by atoms with Gasteiger partial charge in [0, 0.05) is 52.6 Å². The number of hydrogen-bond donors (Lipinski definition) is 1. The first kappa shape index (κ1) is 15.0. The van der Waals surface area contributed by atoms with Gasteiger partial charge in [-0.2, -0.15) is 0 Å². The predicted molar refractivity (Wildman–Crippen MR) is 91.5 cm³/mol. The Morgan fingerprint density at radius 3 is 2.41 bits per heavy atom. The quantitative estimate of drug-likeness (QED) is 0.540. The molecule has 0 spiro atoms. The van der Waals surface area contributed by atoms with Gasteiger partial charge in [-0.15, -0.1) is 0 Å². The van der Waals surface area contributed by atoms with Crippen LogP contribution < -0.4 is 5.32 Å². The molecule has 4 heteroatoms. The van der Waals surface area contributed by atoms with Gasteiger partial charge in [-0.05, 0) is 18.2 Å². The number of aromatic nitrogens is 1. The van der Waals surface area contributed by atoms with Crippen LogP contribution in [0.25, 0.3) is 0 Å². The summed E-state index contributed by atoms with van der Waals surface area (Å²) in [6, 6.07) is 22.3. The van der Waals surface area contributed by atoms with Crippen molar-refractivity contribution in [1.82, 2.24) is 4.98 Å². The zero-order chi connectivity index (χ0) is 14.1. The van der Waals surface area contributed by atoms with E-state index in [-0.39, 0.29) is 29.6 Å². The topological polar surface area (TPSA) is 37.3 Å². The predicted octanol–water partition coefficient (Wildman–Crippen LogP) is 3.93. The van der Waals surface area contributed by atoms with Crippen LogP contribution in [0.3, 0.4) is 0 Å². The Kier molecular flexibility index (Phi) is 4.39. The molecule has 2 heterocycles. The molecule has 0 unspecified atom stereocenters. The SMILES string of the molecule is [Na].c1ccc(C2=Nc3cccnc3Nc3ccccc32)cc1. The standard InChI is InChI=1S/C18H13N3.Na/c1-2-7-13(8-3-1)17-14-9-4-5-10-15(14)21-18-16(20-17)11-6-12-19-18;/h1-12H,(H,19,21);. The van der Waals surface area contributed by atoms with Crippen LogP contribution in [0.2, 0.25) is 0 Å². The van der Waals surface area contributed by atoms with E-state index in [4.69, 9.17) is 4.99 Å². The Balaban J connectivity index is 0.00000144. The molecule has 3 nitrogen and oxygen atoms in total. The minimum atomic E-state index is 0. The molecule has 0 saturated heterocycles. The van der Waals surface area contributed by atoms with Gasteiger partial charge in [-0.25, -0.2) is 9.98 Å². The molecule has 2 aromatic carbocycles. The van der Waals surface area contributed by atoms with Crippen molar-refractivity contribution in [2.45, 2.75) is 0 Å². The average Bonchev–Trinajstić information content (AvgIpc) is 2.72. The number of para-hydroxylation sites is 1. The van der Waals surface area contributed by atoms with Gasteiger partial charge in [0.1, 0.15) is 5.69 Å². The van der Waals surface area contributed by atoms with Crippen LogP contribution in [0.1, 0.15) is 11.1 Å². The maximum absolute atomic E-state index is 4.84. The second kappa shape index (κ2) is 6.44. The van der Waals surface area contributed by atoms with E-state index in [1.807, 2.05) is 42.5 Å². The minimum Gasteiger partial charge on any atom is -0.338 e. The maximum Gasteiger partial charge on any atom is 0.156 e. The number of anilines is 2. The molecule has 1 aliphatic heterocycles. The van der Waals surface area contributed by atoms with Crippen molar-refractivity contribution in [2.75, 3.05) is 5.32 Å². The zero-order valence-corrected chi connectivity index (χ0v) is 14.3. The Morgan fingerprint density at radius 2 is 1.55 bits per heavy atom. The average molecular weight is 294 g/mol. The molecule has 0 saturated carbocycles. The molecule has 4 rings (SSSR count). The smallest absolute Gasteiger partial charge is 0.156 e. The van der Waals surface area contributed by atoms with Gasteiger partial charge in [0.2, 0.25) is 0 Å². The van der Waals surface area contributed by atoms with Crippen molar-refractivity contribution in [3.63, 3.8) is 0 Å². The van der Waals surface area contributed by atoms with Gasteiger partial charge in [-0.1, -0.05) is 48.5 Å². The summed E-state index contributed by atoms with van der Waals surface area (Å²) in [7, 11) is 0. The molecule has 1 aromatic heterocycles. The maximum atomic E-state index is 4.84. The molecule has 0 atom stereocenters. The number of fused-ring (bicyclic) bond motifs is 2. The van der Waals surface area contributed by atoms with E-state index >= 15 is 0 Å². The number of hydrogen-bond acceptors (Lipinski definition) is 3. The summed E-state index contributed by atoms with van der Waals surface area (Å²) < 4.78 is 0. The summed E-state index contributed by atoms with van der Waals surface area (Å²) in [5, 5.41) is 3.38. The number of aliphatic imine (C=N–C) groups is 1. The monoisotopic (exact) mass is 294 g/mol. The third kappa shape index (κ3) is 2.71. The van der Waals surface area contributed by atoms with Crippen LogP contribution in [0, 0.1) is 0 Å². The van der Waals surface area contributed by atoms with Crippen LogP contribution in [0.15, 0.2) is 77.9 Å². The molecule has 0 amide bonds. The van der Waals surface area contributed by atoms with Crippen molar-refractivity contribution in [1.29, 1.82) is 0 Å². The molecular weight excluding hydrogens is 281 g/mol. The van der Waals surface area contributed by atoms with Crippen molar-refractivity contribution < 1.29 is 0 Å². The number of benzene rings is 2. The molecule has 3 aromatic rings. The normalized spacial score (nSPS) is 11.9. The van der Waals surface area contributed by atoms with Crippen LogP contribution in [0.4, 0.5) is 17.2 Å². The van der Waals surface area contributed by atoms with Crippen LogP contribution in [0.5, 0.6) is 0 Å². The first-order valence-electron chi connectivity index (χ1n) is 6.87. The first-order valence-corrected chi connectivity index (χ1v) is 6.87. The Labute approximate surface area is 151 Å². The van der Waals surface area contributed by atoms with E-state index in [9.17, 15) is 0 Å². The summed E-state index contributed by atoms with van der Waals surface area (Å²) >= 11 is 0. The van der Waals surface area contributed by atoms with E-state index < -0.39 is 0 Å². The molecule has 1 radical (unpaired) electrons. The number of rotatable bonds is 1. The Hall–Kier alpha value is -1.94. The molecule has 1 aliphatic rings. The van der Waals surface area contributed by atoms with Gasteiger partial charge >= 0.3 is 0 Å². The van der Waals surface area contributed by atoms with E-state index in [2.05, 4.69) is 34.6 Å². The first-order chi connectivity index (χ1) is 10.4. The van der Waals surface area contributed by atoms with Gasteiger partial charge < -0.3 is 5.32 Å². The van der Waals surface area contributed by atoms with Crippen molar-refractivity contribution in [2.24, 2.45) is 4.99 Å². The third-order valence-electron chi connectivity index (χ3n) is 3.50. The van der Waals surface area contributed by atoms with Crippen LogP contribution in [-0.2, 0) is 0 Å². The third-order valence-corrected chi connectivity index (χ3v) is 3.50. The second-order valence-corrected chi connectivity index (χ2v) is 4.87. The molecule has 22 heavy (non-hydrogen) atoms. The summed E-state index contributed by atoms with van der Waals surface area (Å²) in [6.45, 7) is 0. The molecule has 101 valence electrons. The molecule has 0 fully saturated rings. The number of nitrogens with one attached hydrogen (secondary N) is 1. The Morgan fingerprint density at radius 1 is 0.773 bits per heavy atom. The molecule has 0 bridgehead atoms. The summed E-state index contributed by atoms with van der Waals surface area (Å²) in [5.74, 6) is 0.788. The van der Waals surface area contributed by atoms with E-state index in [1.165, 1.54) is 0 Å². The largest absolute Gasteiger partial charge is 0.338 e. The van der Waals surface area contributed by atoms with Crippen molar-refractivity contribution in [3.05, 3.63) is 84.1 Å². The molecular formula is C18H13N3Na. The van der Waals surface area contributed by atoms with Gasteiger partial charge in [0.05, 0.1) is 5.71 Å². The minimum absolute atomic E-state index is 0. The zero-order valence-electron chi connectivity index (χ0n) is 12.3. The summed E-state index contributed by atoms with van der Waals surface area (Å²) in [4.78, 5) is 9.23. The molecule has 1 N–H and O–H groups in total. The van der Waals surface area contributed by atoms with Crippen LogP contribution in [-0.4, -0.2) is 40.3 Å². The van der Waals surface area contributed by atoms with Gasteiger partial charge in [-0.3, -0.25) is 0 Å². The Bertz CT molecular complexity index is 829. The summed E-state index contributed by atoms with van der Waals surface area (Å²) in [5.41, 5.74) is 5.03. The molecule has 0 aliphatic carbocycles. The fraction of sp³-hybridized carbons (Fsp3) is 0. The van der Waals surface area contributed by atoms with E-state index in [1.54, 1.807) is 6.20 Å².